The SMILES string of the molecule is CC(=O)OC1C=C(C)C(=O)C(O)C1C(C)=CC=CC(C)C=CCC(C)C. The maximum absolute atomic E-state index is 12.1. The molecule has 0 aromatic heterocycles. The van der Waals surface area contributed by atoms with Crippen molar-refractivity contribution in [2.75, 3.05) is 0 Å². The molecule has 0 aromatic carbocycles. The lowest BCUT2D eigenvalue weighted by Crippen LogP contribution is -2.43. The van der Waals surface area contributed by atoms with Crippen molar-refractivity contribution >= 4 is 11.8 Å². The number of aliphatic hydroxyl groups is 1. The minimum atomic E-state index is -1.20. The number of carbonyl (C=O) groups is 2. The van der Waals surface area contributed by atoms with Gasteiger partial charge in [-0.15, -0.1) is 0 Å². The first kappa shape index (κ1) is 22.1. The Bertz CT molecular complexity index is 622. The first-order valence-corrected chi connectivity index (χ1v) is 9.23. The van der Waals surface area contributed by atoms with Crippen LogP contribution in [-0.4, -0.2) is 29.1 Å². The molecule has 0 saturated heterocycles. The van der Waals surface area contributed by atoms with Crippen molar-refractivity contribution in [3.8, 4) is 0 Å². The first-order valence-electron chi connectivity index (χ1n) is 9.23. The van der Waals surface area contributed by atoms with Gasteiger partial charge in [0, 0.05) is 6.92 Å². The number of esters is 1. The van der Waals surface area contributed by atoms with E-state index in [9.17, 15) is 14.7 Å². The third kappa shape index (κ3) is 6.75. The predicted molar refractivity (Wildman–Crippen MR) is 104 cm³/mol. The third-order valence-corrected chi connectivity index (χ3v) is 4.41. The summed E-state index contributed by atoms with van der Waals surface area (Å²) in [6.07, 6.45) is 11.0. The molecule has 0 bridgehead atoms. The van der Waals surface area contributed by atoms with Crippen LogP contribution in [0.2, 0.25) is 0 Å². The molecule has 0 amide bonds. The van der Waals surface area contributed by atoms with Crippen LogP contribution in [0.5, 0.6) is 0 Å². The van der Waals surface area contributed by atoms with Crippen molar-refractivity contribution in [3.05, 3.63) is 47.6 Å². The van der Waals surface area contributed by atoms with Crippen molar-refractivity contribution in [2.45, 2.75) is 60.2 Å². The van der Waals surface area contributed by atoms with E-state index in [1.807, 2.05) is 19.1 Å². The molecule has 0 heterocycles. The zero-order valence-corrected chi connectivity index (χ0v) is 16.7. The number of Topliss-reactive ketones (excluding diaryl/α,β-unsaturated/α-hetero) is 1. The Balaban J connectivity index is 2.89. The van der Waals surface area contributed by atoms with Gasteiger partial charge in [-0.05, 0) is 43.8 Å². The highest BCUT2D eigenvalue weighted by atomic mass is 16.5. The highest BCUT2D eigenvalue weighted by molar-refractivity contribution is 5.99. The van der Waals surface area contributed by atoms with Crippen LogP contribution in [0.3, 0.4) is 0 Å². The van der Waals surface area contributed by atoms with Gasteiger partial charge in [0.15, 0.2) is 5.78 Å². The zero-order valence-electron chi connectivity index (χ0n) is 16.7. The van der Waals surface area contributed by atoms with Gasteiger partial charge >= 0.3 is 5.97 Å². The maximum atomic E-state index is 12.1. The van der Waals surface area contributed by atoms with E-state index >= 15 is 0 Å². The summed E-state index contributed by atoms with van der Waals surface area (Å²) in [5.41, 5.74) is 1.22. The molecule has 4 heteroatoms. The minimum Gasteiger partial charge on any atom is -0.458 e. The fourth-order valence-corrected chi connectivity index (χ4v) is 2.94. The average molecular weight is 360 g/mol. The Kier molecular flexibility index (Phi) is 8.73. The Morgan fingerprint density at radius 3 is 2.50 bits per heavy atom. The number of allylic oxidation sites excluding steroid dienone is 5. The molecule has 4 nitrogen and oxygen atoms in total. The molecule has 0 fully saturated rings. The normalized spacial score (nSPS) is 25.8. The van der Waals surface area contributed by atoms with Crippen LogP contribution in [-0.2, 0) is 14.3 Å². The van der Waals surface area contributed by atoms with E-state index in [0.29, 0.717) is 17.4 Å². The molecule has 144 valence electrons. The molecule has 1 aliphatic carbocycles. The summed E-state index contributed by atoms with van der Waals surface area (Å²) < 4.78 is 5.31. The van der Waals surface area contributed by atoms with Crippen LogP contribution in [0, 0.1) is 17.8 Å². The number of aliphatic hydroxyl groups excluding tert-OH is 1. The number of ketones is 1. The van der Waals surface area contributed by atoms with Gasteiger partial charge in [-0.3, -0.25) is 9.59 Å². The molecule has 1 rings (SSSR count). The van der Waals surface area contributed by atoms with Gasteiger partial charge < -0.3 is 9.84 Å². The van der Waals surface area contributed by atoms with E-state index in [1.165, 1.54) is 6.92 Å². The van der Waals surface area contributed by atoms with Gasteiger partial charge in [-0.1, -0.05) is 56.7 Å². The second-order valence-electron chi connectivity index (χ2n) is 7.47. The molecule has 4 atom stereocenters. The fourth-order valence-electron chi connectivity index (χ4n) is 2.94. The van der Waals surface area contributed by atoms with Crippen LogP contribution in [0.1, 0.15) is 48.0 Å². The molecule has 26 heavy (non-hydrogen) atoms. The molecule has 1 aliphatic rings. The zero-order chi connectivity index (χ0) is 19.9. The van der Waals surface area contributed by atoms with Gasteiger partial charge in [0.1, 0.15) is 12.2 Å². The van der Waals surface area contributed by atoms with E-state index in [1.54, 1.807) is 13.0 Å². The van der Waals surface area contributed by atoms with E-state index < -0.39 is 24.1 Å². The highest BCUT2D eigenvalue weighted by Crippen LogP contribution is 2.30. The lowest BCUT2D eigenvalue weighted by molar-refractivity contribution is -0.150. The molecule has 0 saturated carbocycles. The molecule has 0 aliphatic heterocycles. The Morgan fingerprint density at radius 1 is 1.27 bits per heavy atom. The van der Waals surface area contributed by atoms with Crippen LogP contribution >= 0.6 is 0 Å². The van der Waals surface area contributed by atoms with Crippen molar-refractivity contribution in [2.24, 2.45) is 17.8 Å². The Morgan fingerprint density at radius 2 is 1.92 bits per heavy atom. The molecular weight excluding hydrogens is 328 g/mol. The second-order valence-corrected chi connectivity index (χ2v) is 7.47. The lowest BCUT2D eigenvalue weighted by Gasteiger charge is -2.32. The summed E-state index contributed by atoms with van der Waals surface area (Å²) in [6.45, 7) is 11.3. The number of carbonyl (C=O) groups excluding carboxylic acids is 2. The first-order chi connectivity index (χ1) is 12.1. The minimum absolute atomic E-state index is 0.294. The van der Waals surface area contributed by atoms with Gasteiger partial charge in [0.2, 0.25) is 0 Å². The van der Waals surface area contributed by atoms with Crippen molar-refractivity contribution < 1.29 is 19.4 Å². The summed E-state index contributed by atoms with van der Waals surface area (Å²) in [5, 5.41) is 10.4. The van der Waals surface area contributed by atoms with Crippen molar-refractivity contribution in [1.29, 1.82) is 0 Å². The van der Waals surface area contributed by atoms with Gasteiger partial charge in [0.25, 0.3) is 0 Å². The third-order valence-electron chi connectivity index (χ3n) is 4.41. The van der Waals surface area contributed by atoms with Crippen LogP contribution in [0.4, 0.5) is 0 Å². The maximum Gasteiger partial charge on any atom is 0.303 e. The van der Waals surface area contributed by atoms with Crippen LogP contribution < -0.4 is 0 Å². The van der Waals surface area contributed by atoms with Gasteiger partial charge in [0.05, 0.1) is 5.92 Å². The number of hydrogen-bond acceptors (Lipinski definition) is 4. The largest absolute Gasteiger partial charge is 0.458 e. The topological polar surface area (TPSA) is 63.6 Å². The number of hydrogen-bond donors (Lipinski definition) is 1. The second kappa shape index (κ2) is 10.3. The van der Waals surface area contributed by atoms with Crippen molar-refractivity contribution in [1.82, 2.24) is 0 Å². The molecule has 0 spiro atoms. The number of rotatable bonds is 7. The fraction of sp³-hybridized carbons (Fsp3) is 0.545. The quantitative estimate of drug-likeness (QED) is 0.420. The van der Waals surface area contributed by atoms with Crippen molar-refractivity contribution in [3.63, 3.8) is 0 Å². The lowest BCUT2D eigenvalue weighted by atomic mass is 9.79. The molecular formula is C22H32O4. The van der Waals surface area contributed by atoms with Gasteiger partial charge in [-0.2, -0.15) is 0 Å². The Hall–Kier alpha value is -1.94. The van der Waals surface area contributed by atoms with Crippen LogP contribution in [0.15, 0.2) is 47.6 Å². The summed E-state index contributed by atoms with van der Waals surface area (Å²) in [6, 6.07) is 0. The van der Waals surface area contributed by atoms with Crippen LogP contribution in [0.25, 0.3) is 0 Å². The summed E-state index contributed by atoms with van der Waals surface area (Å²) in [5.74, 6) is -0.378. The average Bonchev–Trinajstić information content (AvgIpc) is 2.51. The smallest absolute Gasteiger partial charge is 0.303 e. The predicted octanol–water partition coefficient (Wildman–Crippen LogP) is 4.17. The van der Waals surface area contributed by atoms with E-state index in [4.69, 9.17) is 4.74 Å². The Labute approximate surface area is 157 Å². The van der Waals surface area contributed by atoms with E-state index in [2.05, 4.69) is 39.0 Å². The van der Waals surface area contributed by atoms with E-state index in [0.717, 1.165) is 12.0 Å². The van der Waals surface area contributed by atoms with Gasteiger partial charge in [-0.25, -0.2) is 0 Å². The molecule has 0 radical (unpaired) electrons. The summed E-state index contributed by atoms with van der Waals surface area (Å²) >= 11 is 0. The summed E-state index contributed by atoms with van der Waals surface area (Å²) in [7, 11) is 0. The molecule has 4 unspecified atom stereocenters. The number of ether oxygens (including phenoxy) is 1. The highest BCUT2D eigenvalue weighted by Gasteiger charge is 2.39. The monoisotopic (exact) mass is 360 g/mol. The van der Waals surface area contributed by atoms with E-state index in [-0.39, 0.29) is 5.78 Å². The molecule has 0 aromatic rings. The standard InChI is InChI=1S/C22H32O4/c1-14(2)9-7-10-15(3)11-8-12-16(4)20-19(26-18(6)23)13-17(5)21(24)22(20)25/h7-8,10-15,19-20,22,25H,9H2,1-6H3. The molecule has 1 N–H and O–H groups in total. The summed E-state index contributed by atoms with van der Waals surface area (Å²) in [4.78, 5) is 23.5.